The van der Waals surface area contributed by atoms with Crippen LogP contribution >= 0.6 is 0 Å². The van der Waals surface area contributed by atoms with Gasteiger partial charge < -0.3 is 4.74 Å². The summed E-state index contributed by atoms with van der Waals surface area (Å²) in [6.07, 6.45) is 4.00. The number of epoxide rings is 1. The van der Waals surface area contributed by atoms with Crippen LogP contribution < -0.4 is 0 Å². The van der Waals surface area contributed by atoms with Crippen LogP contribution in [0.2, 0.25) is 0 Å². The Morgan fingerprint density at radius 2 is 2.00 bits per heavy atom. The highest BCUT2D eigenvalue weighted by Crippen LogP contribution is 2.45. The second-order valence-corrected chi connectivity index (χ2v) is 4.59. The van der Waals surface area contributed by atoms with Crippen molar-refractivity contribution in [2.24, 2.45) is 17.8 Å². The Kier molecular flexibility index (Phi) is 1.71. The maximum atomic E-state index is 5.57. The molecule has 0 bridgehead atoms. The van der Waals surface area contributed by atoms with E-state index in [0.717, 1.165) is 17.8 Å². The van der Waals surface area contributed by atoms with E-state index in [4.69, 9.17) is 4.74 Å². The van der Waals surface area contributed by atoms with Crippen molar-refractivity contribution in [3.63, 3.8) is 0 Å². The van der Waals surface area contributed by atoms with Crippen LogP contribution in [0.15, 0.2) is 0 Å². The molecule has 1 saturated heterocycles. The van der Waals surface area contributed by atoms with Crippen LogP contribution in [0, 0.1) is 17.8 Å². The molecule has 2 rings (SSSR count). The predicted octanol–water partition coefficient (Wildman–Crippen LogP) is 2.46. The molecule has 0 aromatic carbocycles. The fourth-order valence-electron chi connectivity index (χ4n) is 2.40. The number of hydrogen-bond acceptors (Lipinski definition) is 1. The SMILES string of the molecule is CC(C)C1CC(C)C2OC2C1. The third-order valence-electron chi connectivity index (χ3n) is 3.33. The lowest BCUT2D eigenvalue weighted by molar-refractivity contribution is 0.255. The molecule has 0 radical (unpaired) electrons. The fraction of sp³-hybridized carbons (Fsp3) is 1.00. The summed E-state index contributed by atoms with van der Waals surface area (Å²) in [7, 11) is 0. The molecule has 1 saturated carbocycles. The van der Waals surface area contributed by atoms with Crippen molar-refractivity contribution < 1.29 is 4.74 Å². The monoisotopic (exact) mass is 154 g/mol. The van der Waals surface area contributed by atoms with Crippen molar-refractivity contribution in [1.29, 1.82) is 0 Å². The first-order valence-corrected chi connectivity index (χ1v) is 4.84. The molecule has 1 heterocycles. The molecule has 2 aliphatic rings. The average molecular weight is 154 g/mol. The van der Waals surface area contributed by atoms with Gasteiger partial charge in [-0.05, 0) is 30.6 Å². The van der Waals surface area contributed by atoms with Crippen LogP contribution in [0.4, 0.5) is 0 Å². The van der Waals surface area contributed by atoms with Gasteiger partial charge in [0, 0.05) is 0 Å². The average Bonchev–Trinajstić information content (AvgIpc) is 2.66. The summed E-state index contributed by atoms with van der Waals surface area (Å²) in [6, 6.07) is 0. The molecule has 0 aromatic rings. The quantitative estimate of drug-likeness (QED) is 0.528. The number of hydrogen-bond donors (Lipinski definition) is 0. The lowest BCUT2D eigenvalue weighted by atomic mass is 9.77. The summed E-state index contributed by atoms with van der Waals surface area (Å²) in [5, 5.41) is 0. The maximum absolute atomic E-state index is 5.57. The zero-order valence-electron chi connectivity index (χ0n) is 7.71. The third-order valence-corrected chi connectivity index (χ3v) is 3.33. The number of fused-ring (bicyclic) bond motifs is 1. The lowest BCUT2D eigenvalue weighted by Crippen LogP contribution is -2.24. The normalized spacial score (nSPS) is 49.1. The Morgan fingerprint density at radius 3 is 2.55 bits per heavy atom. The molecule has 1 aliphatic carbocycles. The molecule has 1 aliphatic heterocycles. The van der Waals surface area contributed by atoms with Crippen molar-refractivity contribution >= 4 is 0 Å². The van der Waals surface area contributed by atoms with Gasteiger partial charge in [-0.15, -0.1) is 0 Å². The van der Waals surface area contributed by atoms with Gasteiger partial charge in [0.2, 0.25) is 0 Å². The molecule has 64 valence electrons. The Balaban J connectivity index is 1.95. The summed E-state index contributed by atoms with van der Waals surface area (Å²) < 4.78 is 5.57. The largest absolute Gasteiger partial charge is 0.369 e. The molecule has 4 atom stereocenters. The third kappa shape index (κ3) is 1.31. The first-order valence-electron chi connectivity index (χ1n) is 4.84. The van der Waals surface area contributed by atoms with Crippen LogP contribution in [-0.4, -0.2) is 12.2 Å². The van der Waals surface area contributed by atoms with E-state index in [0.29, 0.717) is 12.2 Å². The van der Waals surface area contributed by atoms with Gasteiger partial charge in [-0.25, -0.2) is 0 Å². The van der Waals surface area contributed by atoms with Crippen molar-refractivity contribution in [3.8, 4) is 0 Å². The summed E-state index contributed by atoms with van der Waals surface area (Å²) in [6.45, 7) is 7.00. The van der Waals surface area contributed by atoms with Gasteiger partial charge in [-0.3, -0.25) is 0 Å². The first-order chi connectivity index (χ1) is 5.18. The van der Waals surface area contributed by atoms with E-state index in [9.17, 15) is 0 Å². The maximum Gasteiger partial charge on any atom is 0.0867 e. The lowest BCUT2D eigenvalue weighted by Gasteiger charge is -2.26. The van der Waals surface area contributed by atoms with Gasteiger partial charge in [0.1, 0.15) is 0 Å². The van der Waals surface area contributed by atoms with Gasteiger partial charge in [0.15, 0.2) is 0 Å². The highest BCUT2D eigenvalue weighted by molar-refractivity contribution is 4.96. The summed E-state index contributed by atoms with van der Waals surface area (Å²) in [5.74, 6) is 2.59. The highest BCUT2D eigenvalue weighted by Gasteiger charge is 2.48. The Bertz CT molecular complexity index is 153. The molecule has 1 nitrogen and oxygen atoms in total. The topological polar surface area (TPSA) is 12.5 Å². The minimum atomic E-state index is 0.644. The molecular formula is C10H18O. The molecule has 0 aromatic heterocycles. The second-order valence-electron chi connectivity index (χ2n) is 4.59. The first kappa shape index (κ1) is 7.60. The van der Waals surface area contributed by atoms with Gasteiger partial charge in [-0.1, -0.05) is 20.8 Å². The predicted molar refractivity (Wildman–Crippen MR) is 45.4 cm³/mol. The van der Waals surface area contributed by atoms with Gasteiger partial charge in [0.05, 0.1) is 12.2 Å². The fourth-order valence-corrected chi connectivity index (χ4v) is 2.40. The van der Waals surface area contributed by atoms with E-state index in [-0.39, 0.29) is 0 Å². The number of rotatable bonds is 1. The molecule has 0 amide bonds. The number of ether oxygens (including phenoxy) is 1. The molecular weight excluding hydrogens is 136 g/mol. The minimum absolute atomic E-state index is 0.644. The summed E-state index contributed by atoms with van der Waals surface area (Å²) >= 11 is 0. The second kappa shape index (κ2) is 2.48. The summed E-state index contributed by atoms with van der Waals surface area (Å²) in [5.41, 5.74) is 0. The standard InChI is InChI=1S/C10H18O/c1-6(2)8-4-7(3)10-9(5-8)11-10/h6-10H,4-5H2,1-3H3. The Hall–Kier alpha value is -0.0400. The van der Waals surface area contributed by atoms with Gasteiger partial charge in [-0.2, -0.15) is 0 Å². The van der Waals surface area contributed by atoms with Crippen LogP contribution in [-0.2, 0) is 4.74 Å². The van der Waals surface area contributed by atoms with E-state index >= 15 is 0 Å². The molecule has 1 heteroatoms. The Labute approximate surface area is 69.1 Å². The molecule has 2 fully saturated rings. The Morgan fingerprint density at radius 1 is 1.27 bits per heavy atom. The van der Waals surface area contributed by atoms with Gasteiger partial charge in [0.25, 0.3) is 0 Å². The smallest absolute Gasteiger partial charge is 0.0867 e. The van der Waals surface area contributed by atoms with Crippen molar-refractivity contribution in [3.05, 3.63) is 0 Å². The zero-order valence-corrected chi connectivity index (χ0v) is 7.71. The van der Waals surface area contributed by atoms with E-state index in [1.54, 1.807) is 0 Å². The van der Waals surface area contributed by atoms with Crippen molar-refractivity contribution in [2.45, 2.75) is 45.8 Å². The van der Waals surface area contributed by atoms with E-state index in [2.05, 4.69) is 20.8 Å². The molecule has 0 N–H and O–H groups in total. The van der Waals surface area contributed by atoms with Crippen LogP contribution in [0.25, 0.3) is 0 Å². The zero-order chi connectivity index (χ0) is 8.01. The molecule has 11 heavy (non-hydrogen) atoms. The van der Waals surface area contributed by atoms with Gasteiger partial charge >= 0.3 is 0 Å². The molecule has 0 spiro atoms. The van der Waals surface area contributed by atoms with Crippen LogP contribution in [0.1, 0.15) is 33.6 Å². The van der Waals surface area contributed by atoms with E-state index in [1.807, 2.05) is 0 Å². The van der Waals surface area contributed by atoms with Crippen LogP contribution in [0.3, 0.4) is 0 Å². The summed E-state index contributed by atoms with van der Waals surface area (Å²) in [4.78, 5) is 0. The van der Waals surface area contributed by atoms with Crippen molar-refractivity contribution in [2.75, 3.05) is 0 Å². The van der Waals surface area contributed by atoms with E-state index < -0.39 is 0 Å². The van der Waals surface area contributed by atoms with E-state index in [1.165, 1.54) is 12.8 Å². The van der Waals surface area contributed by atoms with Crippen LogP contribution in [0.5, 0.6) is 0 Å². The minimum Gasteiger partial charge on any atom is -0.369 e. The van der Waals surface area contributed by atoms with Crippen molar-refractivity contribution in [1.82, 2.24) is 0 Å². The highest BCUT2D eigenvalue weighted by atomic mass is 16.6. The molecule has 4 unspecified atom stereocenters.